The molecule has 1 aliphatic heterocycles. The largest absolute Gasteiger partial charge is 0.457 e. The predicted molar refractivity (Wildman–Crippen MR) is 111 cm³/mol. The quantitative estimate of drug-likeness (QED) is 0.633. The molecule has 0 unspecified atom stereocenters. The molecule has 0 spiro atoms. The summed E-state index contributed by atoms with van der Waals surface area (Å²) in [5.74, 6) is 0.621. The third kappa shape index (κ3) is 4.26. The number of hydrogen-bond donors (Lipinski definition) is 0. The average molecular weight is 376 g/mol. The van der Waals surface area contributed by atoms with Crippen molar-refractivity contribution in [2.24, 2.45) is 0 Å². The first-order valence-corrected chi connectivity index (χ1v) is 9.52. The third-order valence-electron chi connectivity index (χ3n) is 4.94. The molecule has 0 saturated carbocycles. The van der Waals surface area contributed by atoms with E-state index in [9.17, 15) is 4.79 Å². The van der Waals surface area contributed by atoms with Crippen LogP contribution < -0.4 is 4.90 Å². The molecule has 5 nitrogen and oxygen atoms in total. The summed E-state index contributed by atoms with van der Waals surface area (Å²) in [7, 11) is 1.81. The maximum Gasteiger partial charge on any atom is 0.246 e. The van der Waals surface area contributed by atoms with Gasteiger partial charge in [-0.3, -0.25) is 4.79 Å². The summed E-state index contributed by atoms with van der Waals surface area (Å²) in [5, 5.41) is 1.03. The summed E-state index contributed by atoms with van der Waals surface area (Å²) in [6.07, 6.45) is 3.28. The van der Waals surface area contributed by atoms with Crippen LogP contribution >= 0.6 is 0 Å². The van der Waals surface area contributed by atoms with E-state index < -0.39 is 0 Å². The van der Waals surface area contributed by atoms with Gasteiger partial charge in [0.15, 0.2) is 0 Å². The van der Waals surface area contributed by atoms with Gasteiger partial charge in [-0.2, -0.15) is 0 Å². The van der Waals surface area contributed by atoms with Crippen LogP contribution in [0.5, 0.6) is 0 Å². The number of hydrogen-bond acceptors (Lipinski definition) is 4. The highest BCUT2D eigenvalue weighted by Crippen LogP contribution is 2.20. The molecule has 0 radical (unpaired) electrons. The lowest BCUT2D eigenvalue weighted by Crippen LogP contribution is -2.36. The first kappa shape index (κ1) is 18.3. The van der Waals surface area contributed by atoms with Gasteiger partial charge in [-0.25, -0.2) is 0 Å². The third-order valence-corrected chi connectivity index (χ3v) is 4.94. The van der Waals surface area contributed by atoms with Crippen LogP contribution in [0.15, 0.2) is 65.1 Å². The fourth-order valence-electron chi connectivity index (χ4n) is 3.35. The number of nitrogens with zero attached hydrogens (tertiary/aromatic N) is 2. The van der Waals surface area contributed by atoms with E-state index in [-0.39, 0.29) is 5.91 Å². The van der Waals surface area contributed by atoms with E-state index in [4.69, 9.17) is 9.15 Å². The van der Waals surface area contributed by atoms with Gasteiger partial charge < -0.3 is 19.0 Å². The lowest BCUT2D eigenvalue weighted by molar-refractivity contribution is -0.125. The number of rotatable bonds is 5. The van der Waals surface area contributed by atoms with Crippen molar-refractivity contribution in [3.8, 4) is 0 Å². The first-order chi connectivity index (χ1) is 13.7. The van der Waals surface area contributed by atoms with Gasteiger partial charge in [0.2, 0.25) is 5.91 Å². The van der Waals surface area contributed by atoms with Crippen molar-refractivity contribution in [1.29, 1.82) is 0 Å². The number of ether oxygens (including phenoxy) is 1. The number of anilines is 1. The molecule has 144 valence electrons. The first-order valence-electron chi connectivity index (χ1n) is 9.52. The van der Waals surface area contributed by atoms with Gasteiger partial charge in [0.05, 0.1) is 13.2 Å². The fourth-order valence-corrected chi connectivity index (χ4v) is 3.35. The molecule has 28 heavy (non-hydrogen) atoms. The molecule has 1 amide bonds. The molecule has 5 heteroatoms. The molecule has 1 aliphatic rings. The van der Waals surface area contributed by atoms with Crippen molar-refractivity contribution in [2.45, 2.75) is 6.54 Å². The zero-order valence-corrected chi connectivity index (χ0v) is 16.0. The number of furan rings is 1. The Kier molecular flexibility index (Phi) is 5.44. The Morgan fingerprint density at radius 2 is 1.86 bits per heavy atom. The van der Waals surface area contributed by atoms with Crippen molar-refractivity contribution in [2.75, 3.05) is 38.3 Å². The highest BCUT2D eigenvalue weighted by atomic mass is 16.5. The van der Waals surface area contributed by atoms with Crippen LogP contribution in [-0.2, 0) is 16.1 Å². The summed E-state index contributed by atoms with van der Waals surface area (Å²) in [5.41, 5.74) is 3.12. The Bertz CT molecular complexity index is 936. The average Bonchev–Trinajstić information content (AvgIpc) is 3.16. The van der Waals surface area contributed by atoms with Crippen molar-refractivity contribution >= 4 is 28.6 Å². The van der Waals surface area contributed by atoms with E-state index >= 15 is 0 Å². The summed E-state index contributed by atoms with van der Waals surface area (Å²) in [6, 6.07) is 18.1. The highest BCUT2D eigenvalue weighted by molar-refractivity contribution is 5.92. The maximum atomic E-state index is 12.4. The molecule has 0 bridgehead atoms. The second kappa shape index (κ2) is 8.31. The number of fused-ring (bicyclic) bond motifs is 1. The van der Waals surface area contributed by atoms with E-state index in [2.05, 4.69) is 29.2 Å². The Morgan fingerprint density at radius 1 is 1.11 bits per heavy atom. The molecular weight excluding hydrogens is 352 g/mol. The maximum absolute atomic E-state index is 12.4. The standard InChI is InChI=1S/C23H24N2O3/c1-24(17-18-6-8-20(9-7-18)25-12-14-27-15-13-25)23(26)11-10-21-16-19-4-2-3-5-22(19)28-21/h2-11,16H,12-15,17H2,1H3/b11-10+. The second-order valence-electron chi connectivity index (χ2n) is 6.98. The zero-order chi connectivity index (χ0) is 19.3. The van der Waals surface area contributed by atoms with Gasteiger partial charge in [0, 0.05) is 43.8 Å². The van der Waals surface area contributed by atoms with Gasteiger partial charge in [-0.1, -0.05) is 30.3 Å². The Morgan fingerprint density at radius 3 is 2.61 bits per heavy atom. The Labute approximate surface area is 164 Å². The molecule has 0 aliphatic carbocycles. The monoisotopic (exact) mass is 376 g/mol. The minimum Gasteiger partial charge on any atom is -0.457 e. The van der Waals surface area contributed by atoms with Crippen LogP contribution in [0.3, 0.4) is 0 Å². The van der Waals surface area contributed by atoms with Crippen molar-refractivity contribution in [3.05, 3.63) is 72.0 Å². The SMILES string of the molecule is CN(Cc1ccc(N2CCOCC2)cc1)C(=O)/C=C/c1cc2ccccc2o1. The fraction of sp³-hybridized carbons (Fsp3) is 0.261. The van der Waals surface area contributed by atoms with Crippen molar-refractivity contribution < 1.29 is 13.9 Å². The molecule has 1 aromatic heterocycles. The second-order valence-corrected chi connectivity index (χ2v) is 6.98. The summed E-state index contributed by atoms with van der Waals surface area (Å²) >= 11 is 0. The van der Waals surface area contributed by atoms with E-state index in [1.165, 1.54) is 5.69 Å². The smallest absolute Gasteiger partial charge is 0.246 e. The van der Waals surface area contributed by atoms with Gasteiger partial charge in [0.1, 0.15) is 11.3 Å². The number of para-hydroxylation sites is 1. The van der Waals surface area contributed by atoms with Crippen LogP contribution in [0.1, 0.15) is 11.3 Å². The normalized spacial score (nSPS) is 14.7. The number of amides is 1. The summed E-state index contributed by atoms with van der Waals surface area (Å²) < 4.78 is 11.1. The summed E-state index contributed by atoms with van der Waals surface area (Å²) in [4.78, 5) is 16.4. The van der Waals surface area contributed by atoms with E-state index in [1.807, 2.05) is 30.3 Å². The number of carbonyl (C=O) groups is 1. The number of likely N-dealkylation sites (N-methyl/N-ethyl adjacent to an activating group) is 1. The molecule has 2 heterocycles. The molecule has 1 fully saturated rings. The highest BCUT2D eigenvalue weighted by Gasteiger charge is 2.12. The minimum atomic E-state index is -0.0577. The van der Waals surface area contributed by atoms with Crippen LogP contribution in [0, 0.1) is 0 Å². The summed E-state index contributed by atoms with van der Waals surface area (Å²) in [6.45, 7) is 3.95. The van der Waals surface area contributed by atoms with Gasteiger partial charge in [-0.05, 0) is 35.9 Å². The van der Waals surface area contributed by atoms with Gasteiger partial charge in [0.25, 0.3) is 0 Å². The molecule has 1 saturated heterocycles. The minimum absolute atomic E-state index is 0.0577. The van der Waals surface area contributed by atoms with E-state index in [0.717, 1.165) is 42.8 Å². The molecule has 2 aromatic carbocycles. The van der Waals surface area contributed by atoms with E-state index in [1.54, 1.807) is 24.1 Å². The molecule has 0 N–H and O–H groups in total. The molecule has 4 rings (SSSR count). The topological polar surface area (TPSA) is 45.9 Å². The Balaban J connectivity index is 1.35. The van der Waals surface area contributed by atoms with E-state index in [0.29, 0.717) is 12.3 Å². The molecular formula is C23H24N2O3. The van der Waals surface area contributed by atoms with Crippen LogP contribution in [0.2, 0.25) is 0 Å². The molecule has 0 atom stereocenters. The lowest BCUT2D eigenvalue weighted by Gasteiger charge is -2.29. The number of morpholine rings is 1. The molecule has 3 aromatic rings. The Hall–Kier alpha value is -3.05. The number of carbonyl (C=O) groups excluding carboxylic acids is 1. The van der Waals surface area contributed by atoms with Crippen LogP contribution in [0.4, 0.5) is 5.69 Å². The van der Waals surface area contributed by atoms with Crippen LogP contribution in [0.25, 0.3) is 17.0 Å². The van der Waals surface area contributed by atoms with Crippen molar-refractivity contribution in [1.82, 2.24) is 4.90 Å². The van der Waals surface area contributed by atoms with Gasteiger partial charge >= 0.3 is 0 Å². The predicted octanol–water partition coefficient (Wildman–Crippen LogP) is 3.94. The lowest BCUT2D eigenvalue weighted by atomic mass is 10.1. The van der Waals surface area contributed by atoms with Gasteiger partial charge in [-0.15, -0.1) is 0 Å². The van der Waals surface area contributed by atoms with Crippen LogP contribution in [-0.4, -0.2) is 44.2 Å². The van der Waals surface area contributed by atoms with Crippen molar-refractivity contribution in [3.63, 3.8) is 0 Å². The number of benzene rings is 2. The zero-order valence-electron chi connectivity index (χ0n) is 16.0.